The van der Waals surface area contributed by atoms with Crippen molar-refractivity contribution in [3.8, 4) is 23.1 Å². The molecule has 3 atom stereocenters. The number of piperidine rings is 1. The first-order chi connectivity index (χ1) is 18.9. The van der Waals surface area contributed by atoms with Crippen molar-refractivity contribution in [3.05, 3.63) is 66.4 Å². The Morgan fingerprint density at radius 3 is 2.38 bits per heavy atom. The molecule has 39 heavy (non-hydrogen) atoms. The second-order valence-corrected chi connectivity index (χ2v) is 10.1. The molecule has 1 saturated carbocycles. The quantitative estimate of drug-likeness (QED) is 0.389. The number of nitriles is 1. The molecule has 1 aliphatic heterocycles. The van der Waals surface area contributed by atoms with Crippen molar-refractivity contribution in [1.29, 1.82) is 5.26 Å². The predicted molar refractivity (Wildman–Crippen MR) is 143 cm³/mol. The molecule has 1 aliphatic carbocycles. The molecule has 204 valence electrons. The first kappa shape index (κ1) is 26.8. The number of hydrogen-bond acceptors (Lipinski definition) is 7. The minimum absolute atomic E-state index is 0.168. The third-order valence-corrected chi connectivity index (χ3v) is 7.35. The van der Waals surface area contributed by atoms with Crippen LogP contribution in [0.4, 0.5) is 24.8 Å². The SMILES string of the molecule is N#Cc1ccc(N2CCCC(NC3CCCCC3Nc3nccc(-c4ccc(OC(F)(F)F)cc4)n3)C2)cc1. The van der Waals surface area contributed by atoms with Crippen LogP contribution < -0.4 is 20.3 Å². The molecule has 1 saturated heterocycles. The minimum atomic E-state index is -4.72. The van der Waals surface area contributed by atoms with E-state index in [-0.39, 0.29) is 17.8 Å². The van der Waals surface area contributed by atoms with Gasteiger partial charge in [0.25, 0.3) is 0 Å². The number of ether oxygens (including phenoxy) is 1. The number of nitrogens with zero attached hydrogens (tertiary/aromatic N) is 4. The van der Waals surface area contributed by atoms with Gasteiger partial charge in [-0.1, -0.05) is 12.8 Å². The lowest BCUT2D eigenvalue weighted by Crippen LogP contribution is -2.55. The van der Waals surface area contributed by atoms with Crippen molar-refractivity contribution >= 4 is 11.6 Å². The van der Waals surface area contributed by atoms with Crippen LogP contribution in [0.25, 0.3) is 11.3 Å². The Labute approximate surface area is 226 Å². The number of hydrogen-bond donors (Lipinski definition) is 2. The highest BCUT2D eigenvalue weighted by Crippen LogP contribution is 2.28. The molecule has 2 aromatic carbocycles. The highest BCUT2D eigenvalue weighted by molar-refractivity contribution is 5.61. The van der Waals surface area contributed by atoms with Gasteiger partial charge in [-0.05, 0) is 80.3 Å². The van der Waals surface area contributed by atoms with E-state index in [9.17, 15) is 13.2 Å². The summed E-state index contributed by atoms with van der Waals surface area (Å²) in [6.07, 6.45) is 3.49. The Hall–Kier alpha value is -3.84. The zero-order chi connectivity index (χ0) is 27.2. The molecule has 0 spiro atoms. The molecule has 1 aromatic heterocycles. The van der Waals surface area contributed by atoms with Crippen molar-refractivity contribution < 1.29 is 17.9 Å². The molecule has 2 N–H and O–H groups in total. The van der Waals surface area contributed by atoms with E-state index in [1.807, 2.05) is 24.3 Å². The average molecular weight is 537 g/mol. The zero-order valence-electron chi connectivity index (χ0n) is 21.5. The van der Waals surface area contributed by atoms with E-state index in [0.717, 1.165) is 57.3 Å². The van der Waals surface area contributed by atoms with Crippen LogP contribution in [-0.4, -0.2) is 47.5 Å². The Kier molecular flexibility index (Phi) is 8.17. The summed E-state index contributed by atoms with van der Waals surface area (Å²) in [6, 6.07) is 18.2. The maximum absolute atomic E-state index is 12.5. The van der Waals surface area contributed by atoms with Crippen LogP contribution in [0, 0.1) is 11.3 Å². The maximum Gasteiger partial charge on any atom is 0.573 e. The molecule has 2 heterocycles. The highest BCUT2D eigenvalue weighted by Gasteiger charge is 2.31. The second-order valence-electron chi connectivity index (χ2n) is 10.1. The smallest absolute Gasteiger partial charge is 0.406 e. The van der Waals surface area contributed by atoms with Crippen LogP contribution in [0.2, 0.25) is 0 Å². The second kappa shape index (κ2) is 11.9. The van der Waals surface area contributed by atoms with Crippen molar-refractivity contribution in [3.63, 3.8) is 0 Å². The van der Waals surface area contributed by atoms with Crippen LogP contribution in [0.3, 0.4) is 0 Å². The van der Waals surface area contributed by atoms with Gasteiger partial charge in [0, 0.05) is 48.7 Å². The van der Waals surface area contributed by atoms with Gasteiger partial charge in [0.15, 0.2) is 0 Å². The molecule has 0 bridgehead atoms. The van der Waals surface area contributed by atoms with E-state index < -0.39 is 6.36 Å². The summed E-state index contributed by atoms with van der Waals surface area (Å²) < 4.78 is 41.4. The molecule has 5 rings (SSSR count). The molecule has 3 aromatic rings. The largest absolute Gasteiger partial charge is 0.573 e. The maximum atomic E-state index is 12.5. The Morgan fingerprint density at radius 2 is 1.67 bits per heavy atom. The molecule has 10 heteroatoms. The van der Waals surface area contributed by atoms with Gasteiger partial charge < -0.3 is 20.3 Å². The number of nitrogens with one attached hydrogen (secondary N) is 2. The first-order valence-electron chi connectivity index (χ1n) is 13.3. The number of aromatic nitrogens is 2. The normalized spacial score (nSPS) is 21.7. The Morgan fingerprint density at radius 1 is 0.923 bits per heavy atom. The number of benzene rings is 2. The lowest BCUT2D eigenvalue weighted by molar-refractivity contribution is -0.274. The Bertz CT molecular complexity index is 1280. The van der Waals surface area contributed by atoms with E-state index in [0.29, 0.717) is 28.8 Å². The molecular formula is C29H31F3N6O. The lowest BCUT2D eigenvalue weighted by atomic mass is 9.89. The van der Waals surface area contributed by atoms with Gasteiger partial charge in [-0.15, -0.1) is 13.2 Å². The summed E-state index contributed by atoms with van der Waals surface area (Å²) >= 11 is 0. The standard InChI is InChI=1S/C29H31F3N6O/c30-29(31,32)39-24-13-9-21(10-14-24)25-15-16-34-28(36-25)37-27-6-2-1-5-26(27)35-22-4-3-17-38(19-22)23-11-7-20(18-33)8-12-23/h7-16,22,26-27,35H,1-6,17,19H2,(H,34,36,37). The van der Waals surface area contributed by atoms with Crippen LogP contribution in [0.5, 0.6) is 5.75 Å². The third-order valence-electron chi connectivity index (χ3n) is 7.35. The molecule has 0 radical (unpaired) electrons. The fourth-order valence-electron chi connectivity index (χ4n) is 5.48. The highest BCUT2D eigenvalue weighted by atomic mass is 19.4. The van der Waals surface area contributed by atoms with Gasteiger partial charge in [-0.3, -0.25) is 0 Å². The van der Waals surface area contributed by atoms with Gasteiger partial charge in [0.1, 0.15) is 5.75 Å². The van der Waals surface area contributed by atoms with Gasteiger partial charge in [-0.25, -0.2) is 9.97 Å². The van der Waals surface area contributed by atoms with Crippen molar-refractivity contribution in [2.24, 2.45) is 0 Å². The first-order valence-corrected chi connectivity index (χ1v) is 13.3. The monoisotopic (exact) mass is 536 g/mol. The van der Waals surface area contributed by atoms with Crippen molar-refractivity contribution in [2.45, 2.75) is 63.0 Å². The lowest BCUT2D eigenvalue weighted by Gasteiger charge is -2.40. The molecule has 2 fully saturated rings. The fourth-order valence-corrected chi connectivity index (χ4v) is 5.48. The summed E-state index contributed by atoms with van der Waals surface area (Å²) in [4.78, 5) is 11.4. The number of alkyl halides is 3. The van der Waals surface area contributed by atoms with E-state index in [1.54, 1.807) is 24.4 Å². The number of rotatable bonds is 7. The van der Waals surface area contributed by atoms with Crippen LogP contribution in [-0.2, 0) is 0 Å². The van der Waals surface area contributed by atoms with Gasteiger partial charge in [0.05, 0.1) is 17.3 Å². The summed E-state index contributed by atoms with van der Waals surface area (Å²) in [5.74, 6) is 0.236. The van der Waals surface area contributed by atoms with E-state index in [2.05, 4.69) is 36.3 Å². The Balaban J connectivity index is 1.22. The van der Waals surface area contributed by atoms with E-state index in [4.69, 9.17) is 5.26 Å². The zero-order valence-corrected chi connectivity index (χ0v) is 21.5. The van der Waals surface area contributed by atoms with Crippen LogP contribution in [0.1, 0.15) is 44.1 Å². The topological polar surface area (TPSA) is 86.1 Å². The molecule has 0 amide bonds. The van der Waals surface area contributed by atoms with Crippen molar-refractivity contribution in [2.75, 3.05) is 23.3 Å². The van der Waals surface area contributed by atoms with E-state index >= 15 is 0 Å². The van der Waals surface area contributed by atoms with Crippen molar-refractivity contribution in [1.82, 2.24) is 15.3 Å². The third kappa shape index (κ3) is 7.18. The number of halogens is 3. The molecule has 3 unspecified atom stereocenters. The minimum Gasteiger partial charge on any atom is -0.406 e. The summed E-state index contributed by atoms with van der Waals surface area (Å²) in [7, 11) is 0. The summed E-state index contributed by atoms with van der Waals surface area (Å²) in [6.45, 7) is 1.91. The van der Waals surface area contributed by atoms with E-state index in [1.165, 1.54) is 12.1 Å². The molecular weight excluding hydrogens is 505 g/mol. The molecule has 7 nitrogen and oxygen atoms in total. The summed E-state index contributed by atoms with van der Waals surface area (Å²) in [5.41, 5.74) is 3.11. The summed E-state index contributed by atoms with van der Waals surface area (Å²) in [5, 5.41) is 16.5. The van der Waals surface area contributed by atoms with Gasteiger partial charge >= 0.3 is 6.36 Å². The molecule has 2 aliphatic rings. The fraction of sp³-hybridized carbons (Fsp3) is 0.414. The van der Waals surface area contributed by atoms with Gasteiger partial charge in [-0.2, -0.15) is 5.26 Å². The van der Waals surface area contributed by atoms with Crippen LogP contribution in [0.15, 0.2) is 60.8 Å². The number of anilines is 2. The van der Waals surface area contributed by atoms with Crippen LogP contribution >= 0.6 is 0 Å². The average Bonchev–Trinajstić information content (AvgIpc) is 2.94. The van der Waals surface area contributed by atoms with Gasteiger partial charge in [0.2, 0.25) is 5.95 Å². The predicted octanol–water partition coefficient (Wildman–Crippen LogP) is 5.90.